The van der Waals surface area contributed by atoms with Crippen LogP contribution < -0.4 is 4.90 Å². The molecule has 0 fully saturated rings. The Balaban J connectivity index is 1.06. The van der Waals surface area contributed by atoms with Crippen LogP contribution in [0.3, 0.4) is 0 Å². The zero-order chi connectivity index (χ0) is 42.4. The molecule has 0 N–H and O–H groups in total. The molecule has 1 heterocycles. The Morgan fingerprint density at radius 3 is 1.53 bits per heavy atom. The first-order valence-corrected chi connectivity index (χ1v) is 22.0. The van der Waals surface area contributed by atoms with Gasteiger partial charge in [-0.1, -0.05) is 194 Å². The second kappa shape index (κ2) is 15.8. The Morgan fingerprint density at radius 1 is 0.281 bits per heavy atom. The van der Waals surface area contributed by atoms with Gasteiger partial charge in [0.1, 0.15) is 0 Å². The monoisotopic (exact) mass is 814 g/mol. The largest absolute Gasteiger partial charge is 0.310 e. The molecule has 64 heavy (non-hydrogen) atoms. The van der Waals surface area contributed by atoms with E-state index in [0.29, 0.717) is 0 Å². The maximum absolute atomic E-state index is 2.42. The van der Waals surface area contributed by atoms with Crippen LogP contribution in [0.15, 0.2) is 255 Å². The maximum Gasteiger partial charge on any atom is 0.0547 e. The Hall–Kier alpha value is -8.46. The minimum absolute atomic E-state index is 1.09. The van der Waals surface area contributed by atoms with Crippen molar-refractivity contribution in [2.24, 2.45) is 0 Å². The molecule has 0 amide bonds. The number of rotatable bonds is 8. The summed E-state index contributed by atoms with van der Waals surface area (Å²) in [5.41, 5.74) is 16.4. The van der Waals surface area contributed by atoms with E-state index in [2.05, 4.69) is 264 Å². The molecule has 0 saturated carbocycles. The highest BCUT2D eigenvalue weighted by Gasteiger charge is 2.23. The molecule has 1 aromatic heterocycles. The number of benzene rings is 11. The standard InChI is InChI=1S/C62H42N2/c1-5-21-43(22-6-1)60-53-33-14-13-31-50(53)51-40-39-46(42-56(51)61(60)44-23-7-2-8-24-44)45-25-19-30-49(41-45)63(47-26-9-3-10-27-47)57-36-17-15-32-52(57)54-35-20-38-59-62(54)55-34-16-18-37-58(55)64(59)48-28-11-4-12-29-48/h1-42H. The zero-order valence-corrected chi connectivity index (χ0v) is 35.1. The van der Waals surface area contributed by atoms with E-state index in [1.807, 2.05) is 0 Å². The van der Waals surface area contributed by atoms with Crippen molar-refractivity contribution in [2.45, 2.75) is 0 Å². The van der Waals surface area contributed by atoms with Crippen LogP contribution in [0.1, 0.15) is 0 Å². The van der Waals surface area contributed by atoms with E-state index in [-0.39, 0.29) is 0 Å². The van der Waals surface area contributed by atoms with Gasteiger partial charge in [0.2, 0.25) is 0 Å². The first-order valence-electron chi connectivity index (χ1n) is 22.0. The van der Waals surface area contributed by atoms with Crippen LogP contribution in [0.4, 0.5) is 17.1 Å². The second-order valence-electron chi connectivity index (χ2n) is 16.4. The van der Waals surface area contributed by atoms with E-state index in [1.165, 1.54) is 76.7 Å². The number of para-hydroxylation sites is 4. The lowest BCUT2D eigenvalue weighted by atomic mass is 9.84. The molecular formula is C62H42N2. The van der Waals surface area contributed by atoms with Crippen LogP contribution in [0, 0.1) is 0 Å². The van der Waals surface area contributed by atoms with Crippen LogP contribution in [-0.2, 0) is 0 Å². The van der Waals surface area contributed by atoms with Gasteiger partial charge in [0.25, 0.3) is 0 Å². The van der Waals surface area contributed by atoms with Gasteiger partial charge in [-0.3, -0.25) is 0 Å². The van der Waals surface area contributed by atoms with Crippen molar-refractivity contribution < 1.29 is 0 Å². The highest BCUT2D eigenvalue weighted by molar-refractivity contribution is 6.22. The Bertz CT molecular complexity index is 3650. The molecule has 0 spiro atoms. The van der Waals surface area contributed by atoms with Crippen molar-refractivity contribution in [3.05, 3.63) is 255 Å². The third-order valence-corrected chi connectivity index (χ3v) is 12.7. The fourth-order valence-corrected chi connectivity index (χ4v) is 10.0. The van der Waals surface area contributed by atoms with Gasteiger partial charge >= 0.3 is 0 Å². The molecule has 12 rings (SSSR count). The van der Waals surface area contributed by atoms with Crippen LogP contribution in [-0.4, -0.2) is 4.57 Å². The van der Waals surface area contributed by atoms with Crippen molar-refractivity contribution in [1.82, 2.24) is 4.57 Å². The van der Waals surface area contributed by atoms with Gasteiger partial charge in [0.05, 0.1) is 16.7 Å². The van der Waals surface area contributed by atoms with Crippen molar-refractivity contribution in [1.29, 1.82) is 0 Å². The lowest BCUT2D eigenvalue weighted by Gasteiger charge is -2.28. The normalized spacial score (nSPS) is 11.4. The summed E-state index contributed by atoms with van der Waals surface area (Å²) in [6.07, 6.45) is 0. The van der Waals surface area contributed by atoms with E-state index in [1.54, 1.807) is 0 Å². The molecule has 0 radical (unpaired) electrons. The maximum atomic E-state index is 2.42. The molecule has 0 unspecified atom stereocenters. The van der Waals surface area contributed by atoms with E-state index >= 15 is 0 Å². The van der Waals surface area contributed by atoms with Gasteiger partial charge in [-0.2, -0.15) is 0 Å². The van der Waals surface area contributed by atoms with Crippen LogP contribution >= 0.6 is 0 Å². The third kappa shape index (κ3) is 6.27. The number of fused-ring (bicyclic) bond motifs is 6. The number of aromatic nitrogens is 1. The predicted octanol–water partition coefficient (Wildman–Crippen LogP) is 17.2. The molecule has 0 bridgehead atoms. The van der Waals surface area contributed by atoms with Gasteiger partial charge in [-0.25, -0.2) is 0 Å². The lowest BCUT2D eigenvalue weighted by Crippen LogP contribution is -2.11. The fourth-order valence-electron chi connectivity index (χ4n) is 10.0. The molecule has 0 atom stereocenters. The van der Waals surface area contributed by atoms with Crippen molar-refractivity contribution in [3.8, 4) is 50.2 Å². The first-order chi connectivity index (χ1) is 31.8. The third-order valence-electron chi connectivity index (χ3n) is 12.7. The predicted molar refractivity (Wildman–Crippen MR) is 272 cm³/mol. The lowest BCUT2D eigenvalue weighted by molar-refractivity contribution is 1.18. The van der Waals surface area contributed by atoms with Crippen molar-refractivity contribution in [2.75, 3.05) is 4.90 Å². The Labute approximate surface area is 373 Å². The topological polar surface area (TPSA) is 8.17 Å². The molecule has 2 nitrogen and oxygen atoms in total. The van der Waals surface area contributed by atoms with Gasteiger partial charge < -0.3 is 9.47 Å². The summed E-state index contributed by atoms with van der Waals surface area (Å²) in [7, 11) is 0. The smallest absolute Gasteiger partial charge is 0.0547 e. The van der Waals surface area contributed by atoms with Crippen LogP contribution in [0.25, 0.3) is 93.5 Å². The number of hydrogen-bond donors (Lipinski definition) is 0. The van der Waals surface area contributed by atoms with Crippen LogP contribution in [0.5, 0.6) is 0 Å². The molecule has 0 aliphatic rings. The average molecular weight is 815 g/mol. The number of anilines is 3. The summed E-state index contributed by atoms with van der Waals surface area (Å²) < 4.78 is 2.40. The molecule has 0 saturated heterocycles. The minimum Gasteiger partial charge on any atom is -0.310 e. The zero-order valence-electron chi connectivity index (χ0n) is 35.1. The highest BCUT2D eigenvalue weighted by Crippen LogP contribution is 2.48. The number of nitrogens with zero attached hydrogens (tertiary/aromatic N) is 2. The van der Waals surface area contributed by atoms with Gasteiger partial charge in [-0.05, 0) is 121 Å². The summed E-state index contributed by atoms with van der Waals surface area (Å²) in [5.74, 6) is 0. The van der Waals surface area contributed by atoms with Crippen molar-refractivity contribution >= 4 is 60.4 Å². The van der Waals surface area contributed by atoms with Crippen LogP contribution in [0.2, 0.25) is 0 Å². The fraction of sp³-hybridized carbons (Fsp3) is 0. The second-order valence-corrected chi connectivity index (χ2v) is 16.4. The van der Waals surface area contributed by atoms with E-state index in [0.717, 1.165) is 33.9 Å². The van der Waals surface area contributed by atoms with Gasteiger partial charge in [0, 0.05) is 33.4 Å². The summed E-state index contributed by atoms with van der Waals surface area (Å²) in [6, 6.07) is 92.6. The summed E-state index contributed by atoms with van der Waals surface area (Å²) in [4.78, 5) is 2.42. The van der Waals surface area contributed by atoms with E-state index < -0.39 is 0 Å². The number of hydrogen-bond acceptors (Lipinski definition) is 1. The quantitative estimate of drug-likeness (QED) is 0.139. The molecule has 2 heteroatoms. The van der Waals surface area contributed by atoms with Gasteiger partial charge in [-0.15, -0.1) is 0 Å². The van der Waals surface area contributed by atoms with Crippen molar-refractivity contribution in [3.63, 3.8) is 0 Å². The van der Waals surface area contributed by atoms with Gasteiger partial charge in [0.15, 0.2) is 0 Å². The Morgan fingerprint density at radius 2 is 0.781 bits per heavy atom. The molecule has 12 aromatic rings. The Kier molecular flexibility index (Phi) is 9.20. The SMILES string of the molecule is c1ccc(-c2c(-c3ccccc3)c3cc(-c4cccc(N(c5ccccc5)c5ccccc5-c5cccc6c5c5ccccc5n6-c5ccccc5)c4)ccc3c3ccccc23)cc1. The average Bonchev–Trinajstić information content (AvgIpc) is 3.72. The summed E-state index contributed by atoms with van der Waals surface area (Å²) in [6.45, 7) is 0. The summed E-state index contributed by atoms with van der Waals surface area (Å²) in [5, 5.41) is 7.46. The minimum atomic E-state index is 1.09. The molecule has 11 aromatic carbocycles. The first kappa shape index (κ1) is 37.3. The molecular weight excluding hydrogens is 773 g/mol. The summed E-state index contributed by atoms with van der Waals surface area (Å²) >= 11 is 0. The van der Waals surface area contributed by atoms with E-state index in [9.17, 15) is 0 Å². The molecule has 0 aliphatic heterocycles. The van der Waals surface area contributed by atoms with E-state index in [4.69, 9.17) is 0 Å². The molecule has 0 aliphatic carbocycles. The highest BCUT2D eigenvalue weighted by atomic mass is 15.1. The molecule has 300 valence electrons.